The maximum absolute atomic E-state index is 12.2. The van der Waals surface area contributed by atoms with Crippen LogP contribution in [-0.4, -0.2) is 25.9 Å². The van der Waals surface area contributed by atoms with Crippen molar-refractivity contribution >= 4 is 20.2 Å². The standard InChI is InChI=1S/C21H20O3S.C7H5F3O3S/c1-14-19(17-10-6-4-7-11-17)15(2)21(25(22,23)24)16(3)20(14)18-12-8-5-9-13-18;8-7(9,10)5-3-1-2-4-6(5)14(11,12)13/h4-13H,1-3H3,(H,22,23,24);1-4H,(H,11,12,13). The van der Waals surface area contributed by atoms with Gasteiger partial charge in [0.1, 0.15) is 9.79 Å². The van der Waals surface area contributed by atoms with Gasteiger partial charge < -0.3 is 0 Å². The van der Waals surface area contributed by atoms with Crippen molar-refractivity contribution in [1.82, 2.24) is 0 Å². The molecule has 2 N–H and O–H groups in total. The Labute approximate surface area is 225 Å². The van der Waals surface area contributed by atoms with Gasteiger partial charge in [0.05, 0.1) is 5.56 Å². The molecule has 0 atom stereocenters. The largest absolute Gasteiger partial charge is 0.417 e. The molecule has 0 bridgehead atoms. The van der Waals surface area contributed by atoms with Gasteiger partial charge in [0.15, 0.2) is 0 Å². The highest BCUT2D eigenvalue weighted by molar-refractivity contribution is 7.86. The van der Waals surface area contributed by atoms with Gasteiger partial charge in [0.25, 0.3) is 20.2 Å². The highest BCUT2D eigenvalue weighted by atomic mass is 32.2. The minimum atomic E-state index is -4.84. The highest BCUT2D eigenvalue weighted by Gasteiger charge is 2.36. The molecule has 4 rings (SSSR count). The fourth-order valence-electron chi connectivity index (χ4n) is 4.58. The van der Waals surface area contributed by atoms with Crippen LogP contribution in [0, 0.1) is 20.8 Å². The van der Waals surface area contributed by atoms with Gasteiger partial charge in [-0.3, -0.25) is 9.11 Å². The van der Waals surface area contributed by atoms with Crippen molar-refractivity contribution in [3.8, 4) is 22.3 Å². The van der Waals surface area contributed by atoms with Gasteiger partial charge in [-0.2, -0.15) is 30.0 Å². The van der Waals surface area contributed by atoms with E-state index in [2.05, 4.69) is 0 Å². The molecule has 0 heterocycles. The Morgan fingerprint density at radius 3 is 1.28 bits per heavy atom. The Kier molecular flexibility index (Phi) is 8.71. The summed E-state index contributed by atoms with van der Waals surface area (Å²) in [6.07, 6.45) is -4.80. The molecular formula is C28H25F3O6S2. The summed E-state index contributed by atoms with van der Waals surface area (Å²) in [5.74, 6) is 0. The third-order valence-electron chi connectivity index (χ3n) is 6.03. The van der Waals surface area contributed by atoms with Crippen LogP contribution in [0.25, 0.3) is 22.3 Å². The average molecular weight is 579 g/mol. The average Bonchev–Trinajstić information content (AvgIpc) is 2.84. The van der Waals surface area contributed by atoms with E-state index in [0.717, 1.165) is 39.9 Å². The fourth-order valence-corrected chi connectivity index (χ4v) is 6.27. The maximum atomic E-state index is 12.2. The molecule has 0 aliphatic heterocycles. The third kappa shape index (κ3) is 6.74. The summed E-state index contributed by atoms with van der Waals surface area (Å²) >= 11 is 0. The van der Waals surface area contributed by atoms with Gasteiger partial charge in [-0.25, -0.2) is 0 Å². The molecule has 0 aliphatic rings. The second-order valence-corrected chi connectivity index (χ2v) is 11.4. The lowest BCUT2D eigenvalue weighted by atomic mass is 9.86. The van der Waals surface area contributed by atoms with Crippen LogP contribution in [0.3, 0.4) is 0 Å². The predicted molar refractivity (Wildman–Crippen MR) is 143 cm³/mol. The van der Waals surface area contributed by atoms with E-state index in [-0.39, 0.29) is 4.90 Å². The summed E-state index contributed by atoms with van der Waals surface area (Å²) in [5, 5.41) is 0. The quantitative estimate of drug-likeness (QED) is 0.249. The third-order valence-corrected chi connectivity index (χ3v) is 8.07. The maximum Gasteiger partial charge on any atom is 0.417 e. The summed E-state index contributed by atoms with van der Waals surface area (Å²) in [4.78, 5) is -1.14. The minimum Gasteiger partial charge on any atom is -0.282 e. The zero-order valence-electron chi connectivity index (χ0n) is 21.1. The lowest BCUT2D eigenvalue weighted by Crippen LogP contribution is -2.12. The Hall–Kier alpha value is -3.51. The van der Waals surface area contributed by atoms with E-state index in [4.69, 9.17) is 4.55 Å². The Balaban J connectivity index is 0.000000255. The molecule has 4 aromatic carbocycles. The number of hydrogen-bond acceptors (Lipinski definition) is 4. The van der Waals surface area contributed by atoms with Crippen LogP contribution in [0.5, 0.6) is 0 Å². The minimum absolute atomic E-state index is 0.00388. The lowest BCUT2D eigenvalue weighted by molar-refractivity contribution is -0.140. The summed E-state index contributed by atoms with van der Waals surface area (Å²) in [6.45, 7) is 5.50. The number of hydrogen-bond donors (Lipinski definition) is 2. The van der Waals surface area contributed by atoms with Crippen LogP contribution < -0.4 is 0 Å². The molecule has 0 saturated heterocycles. The molecule has 0 unspecified atom stereocenters. The smallest absolute Gasteiger partial charge is 0.282 e. The molecule has 0 amide bonds. The van der Waals surface area contributed by atoms with E-state index in [1.807, 2.05) is 67.6 Å². The molecular weight excluding hydrogens is 553 g/mol. The van der Waals surface area contributed by atoms with E-state index in [9.17, 15) is 34.6 Å². The number of benzene rings is 4. The fraction of sp³-hybridized carbons (Fsp3) is 0.143. The molecule has 0 spiro atoms. The Morgan fingerprint density at radius 1 is 0.564 bits per heavy atom. The number of halogens is 3. The van der Waals surface area contributed by atoms with E-state index in [1.165, 1.54) is 0 Å². The van der Waals surface area contributed by atoms with Gasteiger partial charge in [0, 0.05) is 0 Å². The van der Waals surface area contributed by atoms with Crippen LogP contribution >= 0.6 is 0 Å². The second-order valence-electron chi connectivity index (χ2n) is 8.63. The molecule has 0 fully saturated rings. The first kappa shape index (κ1) is 30.0. The van der Waals surface area contributed by atoms with Crippen molar-refractivity contribution in [1.29, 1.82) is 0 Å². The van der Waals surface area contributed by atoms with Crippen molar-refractivity contribution < 1.29 is 39.1 Å². The van der Waals surface area contributed by atoms with Gasteiger partial charge in [-0.1, -0.05) is 72.8 Å². The van der Waals surface area contributed by atoms with Crippen molar-refractivity contribution in [2.24, 2.45) is 0 Å². The zero-order valence-corrected chi connectivity index (χ0v) is 22.7. The molecule has 0 saturated carbocycles. The number of rotatable bonds is 4. The normalized spacial score (nSPS) is 12.0. The van der Waals surface area contributed by atoms with Crippen molar-refractivity contribution in [2.45, 2.75) is 36.7 Å². The van der Waals surface area contributed by atoms with Crippen LogP contribution in [-0.2, 0) is 26.4 Å². The van der Waals surface area contributed by atoms with Gasteiger partial charge >= 0.3 is 6.18 Å². The topological polar surface area (TPSA) is 109 Å². The number of alkyl halides is 3. The molecule has 206 valence electrons. The molecule has 0 aliphatic carbocycles. The Morgan fingerprint density at radius 2 is 0.949 bits per heavy atom. The van der Waals surface area contributed by atoms with Gasteiger partial charge in [0.2, 0.25) is 0 Å². The highest BCUT2D eigenvalue weighted by Crippen LogP contribution is 2.41. The van der Waals surface area contributed by atoms with Crippen molar-refractivity contribution in [3.05, 3.63) is 107 Å². The van der Waals surface area contributed by atoms with Crippen molar-refractivity contribution in [3.63, 3.8) is 0 Å². The summed E-state index contributed by atoms with van der Waals surface area (Å²) in [5.41, 5.74) is 4.32. The second kappa shape index (κ2) is 11.3. The van der Waals surface area contributed by atoms with Crippen LogP contribution in [0.15, 0.2) is 94.7 Å². The van der Waals surface area contributed by atoms with E-state index < -0.39 is 36.9 Å². The first-order chi connectivity index (χ1) is 18.0. The SMILES string of the molecule is Cc1c(-c2ccccc2)c(C)c(S(=O)(=O)O)c(C)c1-c1ccccc1.O=S(=O)(O)c1ccccc1C(F)(F)F. The monoisotopic (exact) mass is 578 g/mol. The first-order valence-electron chi connectivity index (χ1n) is 11.4. The summed E-state index contributed by atoms with van der Waals surface area (Å²) in [7, 11) is -9.18. The molecule has 39 heavy (non-hydrogen) atoms. The molecule has 0 aromatic heterocycles. The molecule has 0 radical (unpaired) electrons. The molecule has 4 aromatic rings. The van der Waals surface area contributed by atoms with Crippen LogP contribution in [0.4, 0.5) is 13.2 Å². The van der Waals surface area contributed by atoms with Gasteiger partial charge in [-0.15, -0.1) is 0 Å². The van der Waals surface area contributed by atoms with E-state index in [0.29, 0.717) is 23.3 Å². The van der Waals surface area contributed by atoms with E-state index >= 15 is 0 Å². The summed E-state index contributed by atoms with van der Waals surface area (Å²) in [6, 6.07) is 22.7. The zero-order chi connectivity index (χ0) is 29.2. The molecule has 6 nitrogen and oxygen atoms in total. The van der Waals surface area contributed by atoms with E-state index in [1.54, 1.807) is 13.8 Å². The first-order valence-corrected chi connectivity index (χ1v) is 14.3. The van der Waals surface area contributed by atoms with Crippen molar-refractivity contribution in [2.75, 3.05) is 0 Å². The van der Waals surface area contributed by atoms with Crippen LogP contribution in [0.2, 0.25) is 0 Å². The molecule has 11 heteroatoms. The summed E-state index contributed by atoms with van der Waals surface area (Å²) < 4.78 is 100. The predicted octanol–water partition coefficient (Wildman–Crippen LogP) is 7.14. The Bertz CT molecular complexity index is 1630. The van der Waals surface area contributed by atoms with Gasteiger partial charge in [-0.05, 0) is 71.8 Å². The van der Waals surface area contributed by atoms with Crippen LogP contribution in [0.1, 0.15) is 22.3 Å². The lowest BCUT2D eigenvalue weighted by Gasteiger charge is -2.21.